The number of benzene rings is 1. The van der Waals surface area contributed by atoms with Crippen LogP contribution >= 0.6 is 15.9 Å². The van der Waals surface area contributed by atoms with Gasteiger partial charge in [0.15, 0.2) is 11.6 Å². The molecule has 0 aliphatic heterocycles. The predicted molar refractivity (Wildman–Crippen MR) is 71.7 cm³/mol. The van der Waals surface area contributed by atoms with Crippen LogP contribution in [-0.4, -0.2) is 4.83 Å². The van der Waals surface area contributed by atoms with E-state index in [1.807, 2.05) is 0 Å². The maximum atomic E-state index is 13.2. The van der Waals surface area contributed by atoms with Gasteiger partial charge in [-0.25, -0.2) is 8.78 Å². The molecule has 2 aliphatic rings. The van der Waals surface area contributed by atoms with Crippen LogP contribution in [0.1, 0.15) is 31.2 Å². The molecule has 2 bridgehead atoms. The molecule has 0 radical (unpaired) electrons. The van der Waals surface area contributed by atoms with Crippen molar-refractivity contribution < 1.29 is 8.78 Å². The molecule has 2 fully saturated rings. The van der Waals surface area contributed by atoms with Crippen molar-refractivity contribution in [1.82, 2.24) is 0 Å². The van der Waals surface area contributed by atoms with Gasteiger partial charge in [-0.15, -0.1) is 0 Å². The van der Waals surface area contributed by atoms with E-state index in [9.17, 15) is 8.78 Å². The zero-order valence-electron chi connectivity index (χ0n) is 10.2. The van der Waals surface area contributed by atoms with Crippen molar-refractivity contribution in [3.05, 3.63) is 35.4 Å². The molecule has 0 spiro atoms. The Morgan fingerprint density at radius 3 is 2.61 bits per heavy atom. The van der Waals surface area contributed by atoms with Crippen LogP contribution in [0.15, 0.2) is 18.2 Å². The SMILES string of the molecule is Fc1ccc(CC(Br)C2CC3CCC2C3)cc1F. The van der Waals surface area contributed by atoms with Crippen LogP contribution in [0, 0.1) is 29.4 Å². The fourth-order valence-electron chi connectivity index (χ4n) is 3.78. The maximum Gasteiger partial charge on any atom is 0.159 e. The molecule has 1 aromatic rings. The summed E-state index contributed by atoms with van der Waals surface area (Å²) in [6.45, 7) is 0. The molecule has 2 saturated carbocycles. The highest BCUT2D eigenvalue weighted by Crippen LogP contribution is 2.51. The summed E-state index contributed by atoms with van der Waals surface area (Å²) >= 11 is 3.77. The molecular weight excluding hydrogens is 298 g/mol. The summed E-state index contributed by atoms with van der Waals surface area (Å²) in [4.78, 5) is 0.401. The van der Waals surface area contributed by atoms with Gasteiger partial charge in [-0.1, -0.05) is 28.4 Å². The number of hydrogen-bond acceptors (Lipinski definition) is 0. The largest absolute Gasteiger partial charge is 0.204 e. The molecule has 2 aliphatic carbocycles. The highest BCUT2D eigenvalue weighted by atomic mass is 79.9. The van der Waals surface area contributed by atoms with Gasteiger partial charge in [0, 0.05) is 4.83 Å². The number of halogens is 3. The van der Waals surface area contributed by atoms with Gasteiger partial charge in [-0.3, -0.25) is 0 Å². The van der Waals surface area contributed by atoms with Gasteiger partial charge in [0.25, 0.3) is 0 Å². The quantitative estimate of drug-likeness (QED) is 0.709. The van der Waals surface area contributed by atoms with Crippen LogP contribution < -0.4 is 0 Å². The molecule has 1 aromatic carbocycles. The van der Waals surface area contributed by atoms with E-state index in [1.54, 1.807) is 6.07 Å². The molecule has 4 atom stereocenters. The van der Waals surface area contributed by atoms with Gasteiger partial charge in [0.1, 0.15) is 0 Å². The summed E-state index contributed by atoms with van der Waals surface area (Å²) in [6.07, 6.45) is 6.24. The second-order valence-corrected chi connectivity index (χ2v) is 6.98. The molecule has 0 saturated heterocycles. The first-order valence-corrected chi connectivity index (χ1v) is 7.63. The van der Waals surface area contributed by atoms with Gasteiger partial charge < -0.3 is 0 Å². The van der Waals surface area contributed by atoms with Crippen LogP contribution in [0.5, 0.6) is 0 Å². The Balaban J connectivity index is 1.67. The van der Waals surface area contributed by atoms with E-state index in [2.05, 4.69) is 15.9 Å². The lowest BCUT2D eigenvalue weighted by Gasteiger charge is -2.26. The lowest BCUT2D eigenvalue weighted by molar-refractivity contribution is 0.326. The topological polar surface area (TPSA) is 0 Å². The van der Waals surface area contributed by atoms with Gasteiger partial charge in [-0.2, -0.15) is 0 Å². The second kappa shape index (κ2) is 4.92. The van der Waals surface area contributed by atoms with Crippen molar-refractivity contribution in [2.45, 2.75) is 36.9 Å². The van der Waals surface area contributed by atoms with E-state index in [0.29, 0.717) is 4.83 Å². The van der Waals surface area contributed by atoms with Crippen molar-refractivity contribution in [2.75, 3.05) is 0 Å². The van der Waals surface area contributed by atoms with Crippen LogP contribution in [-0.2, 0) is 6.42 Å². The summed E-state index contributed by atoms with van der Waals surface area (Å²) in [5, 5.41) is 0. The first-order valence-electron chi connectivity index (χ1n) is 6.71. The normalized spacial score (nSPS) is 31.8. The Morgan fingerprint density at radius 1 is 1.17 bits per heavy atom. The Labute approximate surface area is 115 Å². The van der Waals surface area contributed by atoms with Crippen molar-refractivity contribution in [2.24, 2.45) is 17.8 Å². The van der Waals surface area contributed by atoms with Gasteiger partial charge in [0.2, 0.25) is 0 Å². The maximum absolute atomic E-state index is 13.2. The van der Waals surface area contributed by atoms with Gasteiger partial charge in [-0.05, 0) is 61.1 Å². The highest BCUT2D eigenvalue weighted by Gasteiger charge is 2.42. The predicted octanol–water partition coefficient (Wildman–Crippen LogP) is 4.71. The van der Waals surface area contributed by atoms with Gasteiger partial charge >= 0.3 is 0 Å². The van der Waals surface area contributed by atoms with Gasteiger partial charge in [0.05, 0.1) is 0 Å². The standard InChI is InChI=1S/C15H17BrF2/c16-13(12-6-9-1-3-11(12)5-9)7-10-2-4-14(17)15(18)8-10/h2,4,8-9,11-13H,1,3,5-7H2. The zero-order valence-corrected chi connectivity index (χ0v) is 11.8. The molecule has 3 heteroatoms. The van der Waals surface area contributed by atoms with Crippen LogP contribution in [0.3, 0.4) is 0 Å². The molecule has 0 nitrogen and oxygen atoms in total. The van der Waals surface area contributed by atoms with Crippen molar-refractivity contribution in [3.8, 4) is 0 Å². The van der Waals surface area contributed by atoms with E-state index in [0.717, 1.165) is 29.7 Å². The van der Waals surface area contributed by atoms with Crippen molar-refractivity contribution >= 4 is 15.9 Å². The number of hydrogen-bond donors (Lipinski definition) is 0. The zero-order chi connectivity index (χ0) is 12.7. The summed E-state index contributed by atoms with van der Waals surface area (Å²) in [6, 6.07) is 4.25. The Kier molecular flexibility index (Phi) is 3.44. The summed E-state index contributed by atoms with van der Waals surface area (Å²) in [5.74, 6) is 0.997. The van der Waals surface area contributed by atoms with E-state index >= 15 is 0 Å². The monoisotopic (exact) mass is 314 g/mol. The molecule has 98 valence electrons. The van der Waals surface area contributed by atoms with Crippen LogP contribution in [0.2, 0.25) is 0 Å². The molecule has 0 aromatic heterocycles. The van der Waals surface area contributed by atoms with Crippen molar-refractivity contribution in [3.63, 3.8) is 0 Å². The third kappa shape index (κ3) is 2.34. The Morgan fingerprint density at radius 2 is 2.00 bits per heavy atom. The molecule has 3 rings (SSSR count). The summed E-state index contributed by atoms with van der Waals surface area (Å²) < 4.78 is 26.0. The lowest BCUT2D eigenvalue weighted by atomic mass is 9.84. The fraction of sp³-hybridized carbons (Fsp3) is 0.600. The average Bonchev–Trinajstić information content (AvgIpc) is 2.96. The molecule has 0 heterocycles. The van der Waals surface area contributed by atoms with E-state index in [1.165, 1.54) is 37.8 Å². The van der Waals surface area contributed by atoms with Crippen molar-refractivity contribution in [1.29, 1.82) is 0 Å². The van der Waals surface area contributed by atoms with E-state index < -0.39 is 11.6 Å². The Bertz CT molecular complexity index is 446. The Hall–Kier alpha value is -0.440. The second-order valence-electron chi connectivity index (χ2n) is 5.81. The minimum Gasteiger partial charge on any atom is -0.204 e. The number of rotatable bonds is 3. The first-order chi connectivity index (χ1) is 8.63. The third-order valence-electron chi connectivity index (χ3n) is 4.67. The molecule has 0 N–H and O–H groups in total. The average molecular weight is 315 g/mol. The van der Waals surface area contributed by atoms with E-state index in [4.69, 9.17) is 0 Å². The van der Waals surface area contributed by atoms with E-state index in [-0.39, 0.29) is 0 Å². The van der Waals surface area contributed by atoms with Crippen LogP contribution in [0.4, 0.5) is 8.78 Å². The molecule has 4 unspecified atom stereocenters. The smallest absolute Gasteiger partial charge is 0.159 e. The number of alkyl halides is 1. The summed E-state index contributed by atoms with van der Waals surface area (Å²) in [5.41, 5.74) is 0.888. The van der Waals surface area contributed by atoms with Crippen LogP contribution in [0.25, 0.3) is 0 Å². The highest BCUT2D eigenvalue weighted by molar-refractivity contribution is 9.09. The fourth-order valence-corrected chi connectivity index (χ4v) is 4.80. The first kappa shape index (κ1) is 12.6. The minimum absolute atomic E-state index is 0.401. The third-order valence-corrected chi connectivity index (χ3v) is 5.67. The molecule has 0 amide bonds. The summed E-state index contributed by atoms with van der Waals surface area (Å²) in [7, 11) is 0. The minimum atomic E-state index is -0.759. The number of fused-ring (bicyclic) bond motifs is 2. The lowest BCUT2D eigenvalue weighted by Crippen LogP contribution is -2.22. The molecular formula is C15H17BrF2. The molecule has 18 heavy (non-hydrogen) atoms.